The Morgan fingerprint density at radius 3 is 2.90 bits per heavy atom. The second kappa shape index (κ2) is 5.25. The molecule has 2 aromatic rings. The Balaban J connectivity index is 1.61. The average Bonchev–Trinajstić information content (AvgIpc) is 3.05. The monoisotopic (exact) mass is 273 g/mol. The van der Waals surface area contributed by atoms with Gasteiger partial charge in [0.05, 0.1) is 23.2 Å². The van der Waals surface area contributed by atoms with E-state index in [0.717, 1.165) is 42.3 Å². The van der Waals surface area contributed by atoms with E-state index < -0.39 is 5.60 Å². The molecule has 106 valence electrons. The highest BCUT2D eigenvalue weighted by atomic mass is 16.3. The summed E-state index contributed by atoms with van der Waals surface area (Å²) in [6.45, 7) is 0.345. The molecule has 0 radical (unpaired) electrons. The number of fused-ring (bicyclic) bond motifs is 1. The number of nitrogens with one attached hydrogen (secondary N) is 2. The first-order valence-corrected chi connectivity index (χ1v) is 7.07. The standard InChI is InChI=1S/C15H19N3O2/c19-14(16-10-15(20)7-3-4-8-15)9-13-11-5-1-2-6-12(11)17-18-13/h1-2,5-6,20H,3-4,7-10H2,(H,16,19)(H,17,18). The highest BCUT2D eigenvalue weighted by Crippen LogP contribution is 2.28. The van der Waals surface area contributed by atoms with Crippen LogP contribution in [0.2, 0.25) is 0 Å². The highest BCUT2D eigenvalue weighted by Gasteiger charge is 2.31. The zero-order valence-electron chi connectivity index (χ0n) is 11.4. The maximum absolute atomic E-state index is 12.0. The second-order valence-electron chi connectivity index (χ2n) is 5.60. The Bertz CT molecular complexity index is 614. The number of rotatable bonds is 4. The molecule has 0 aliphatic heterocycles. The second-order valence-corrected chi connectivity index (χ2v) is 5.60. The Morgan fingerprint density at radius 2 is 2.10 bits per heavy atom. The Kier molecular flexibility index (Phi) is 3.44. The molecule has 3 N–H and O–H groups in total. The zero-order valence-corrected chi connectivity index (χ0v) is 11.4. The van der Waals surface area contributed by atoms with Gasteiger partial charge in [-0.05, 0) is 18.9 Å². The van der Waals surface area contributed by atoms with Gasteiger partial charge in [0.2, 0.25) is 5.91 Å². The third kappa shape index (κ3) is 2.67. The first-order valence-electron chi connectivity index (χ1n) is 7.07. The van der Waals surface area contributed by atoms with Crippen LogP contribution < -0.4 is 5.32 Å². The van der Waals surface area contributed by atoms with Crippen molar-refractivity contribution < 1.29 is 9.90 Å². The van der Waals surface area contributed by atoms with Crippen LogP contribution in [0.4, 0.5) is 0 Å². The van der Waals surface area contributed by atoms with Crippen LogP contribution >= 0.6 is 0 Å². The molecule has 0 saturated heterocycles. The molecule has 5 nitrogen and oxygen atoms in total. The molecule has 1 heterocycles. The van der Waals surface area contributed by atoms with Crippen molar-refractivity contribution in [1.29, 1.82) is 0 Å². The van der Waals surface area contributed by atoms with Crippen molar-refractivity contribution in [3.63, 3.8) is 0 Å². The lowest BCUT2D eigenvalue weighted by Crippen LogP contribution is -2.41. The van der Waals surface area contributed by atoms with E-state index in [4.69, 9.17) is 0 Å². The van der Waals surface area contributed by atoms with Gasteiger partial charge in [-0.25, -0.2) is 0 Å². The molecule has 0 bridgehead atoms. The SMILES string of the molecule is O=C(Cc1[nH]nc2ccccc12)NCC1(O)CCCC1. The first-order chi connectivity index (χ1) is 9.66. The summed E-state index contributed by atoms with van der Waals surface area (Å²) in [6.07, 6.45) is 3.90. The normalized spacial score (nSPS) is 17.4. The summed E-state index contributed by atoms with van der Waals surface area (Å²) >= 11 is 0. The molecule has 20 heavy (non-hydrogen) atoms. The van der Waals surface area contributed by atoms with Gasteiger partial charge >= 0.3 is 0 Å². The molecule has 5 heteroatoms. The number of aromatic amines is 1. The topological polar surface area (TPSA) is 78.0 Å². The van der Waals surface area contributed by atoms with E-state index in [0.29, 0.717) is 6.54 Å². The molecule has 1 aliphatic rings. The summed E-state index contributed by atoms with van der Waals surface area (Å²) in [5.41, 5.74) is 0.979. The lowest BCUT2D eigenvalue weighted by molar-refractivity contribution is -0.121. The highest BCUT2D eigenvalue weighted by molar-refractivity contribution is 5.87. The predicted molar refractivity (Wildman–Crippen MR) is 76.2 cm³/mol. The van der Waals surface area contributed by atoms with Gasteiger partial charge in [-0.1, -0.05) is 31.0 Å². The van der Waals surface area contributed by atoms with Crippen molar-refractivity contribution in [2.45, 2.75) is 37.7 Å². The molecule has 0 unspecified atom stereocenters. The fourth-order valence-electron chi connectivity index (χ4n) is 2.85. The van der Waals surface area contributed by atoms with Gasteiger partial charge in [0.25, 0.3) is 0 Å². The zero-order chi connectivity index (χ0) is 14.0. The number of hydrogen-bond donors (Lipinski definition) is 3. The Morgan fingerprint density at radius 1 is 1.35 bits per heavy atom. The molecule has 0 spiro atoms. The average molecular weight is 273 g/mol. The third-order valence-corrected chi connectivity index (χ3v) is 4.03. The molecule has 3 rings (SSSR count). The molecule has 1 aromatic carbocycles. The van der Waals surface area contributed by atoms with Gasteiger partial charge in [-0.3, -0.25) is 9.89 Å². The van der Waals surface area contributed by atoms with E-state index >= 15 is 0 Å². The van der Waals surface area contributed by atoms with Crippen LogP contribution in [0, 0.1) is 0 Å². The van der Waals surface area contributed by atoms with Crippen LogP contribution in [0.5, 0.6) is 0 Å². The van der Waals surface area contributed by atoms with Crippen molar-refractivity contribution in [2.75, 3.05) is 6.54 Å². The lowest BCUT2D eigenvalue weighted by Gasteiger charge is -2.22. The maximum atomic E-state index is 12.0. The Labute approximate surface area is 117 Å². The predicted octanol–water partition coefficient (Wildman–Crippen LogP) is 1.53. The van der Waals surface area contributed by atoms with E-state index in [1.54, 1.807) is 0 Å². The van der Waals surface area contributed by atoms with Crippen molar-refractivity contribution in [2.24, 2.45) is 0 Å². The van der Waals surface area contributed by atoms with Crippen LogP contribution in [-0.4, -0.2) is 33.4 Å². The van der Waals surface area contributed by atoms with Crippen molar-refractivity contribution in [1.82, 2.24) is 15.5 Å². The summed E-state index contributed by atoms with van der Waals surface area (Å²) in [6, 6.07) is 7.71. The van der Waals surface area contributed by atoms with Crippen LogP contribution in [0.1, 0.15) is 31.4 Å². The quantitative estimate of drug-likeness (QED) is 0.790. The molecule has 0 atom stereocenters. The Hall–Kier alpha value is -1.88. The number of carbonyl (C=O) groups is 1. The van der Waals surface area contributed by atoms with Crippen molar-refractivity contribution in [3.05, 3.63) is 30.0 Å². The van der Waals surface area contributed by atoms with Crippen LogP contribution in [0.3, 0.4) is 0 Å². The number of para-hydroxylation sites is 1. The summed E-state index contributed by atoms with van der Waals surface area (Å²) in [5.74, 6) is -0.0836. The summed E-state index contributed by atoms with van der Waals surface area (Å²) in [5, 5.41) is 21.1. The van der Waals surface area contributed by atoms with E-state index in [9.17, 15) is 9.90 Å². The number of hydrogen-bond acceptors (Lipinski definition) is 3. The maximum Gasteiger partial charge on any atom is 0.226 e. The van der Waals surface area contributed by atoms with Crippen molar-refractivity contribution >= 4 is 16.8 Å². The van der Waals surface area contributed by atoms with Gasteiger partial charge < -0.3 is 10.4 Å². The number of amides is 1. The van der Waals surface area contributed by atoms with Crippen LogP contribution in [0.15, 0.2) is 24.3 Å². The molecule has 1 aliphatic carbocycles. The van der Waals surface area contributed by atoms with Gasteiger partial charge in [-0.2, -0.15) is 5.10 Å². The van der Waals surface area contributed by atoms with Gasteiger partial charge in [0.1, 0.15) is 0 Å². The van der Waals surface area contributed by atoms with E-state index in [-0.39, 0.29) is 12.3 Å². The number of aliphatic hydroxyl groups is 1. The van der Waals surface area contributed by atoms with E-state index in [1.807, 2.05) is 24.3 Å². The molecule has 1 fully saturated rings. The number of benzene rings is 1. The lowest BCUT2D eigenvalue weighted by atomic mass is 10.0. The summed E-state index contributed by atoms with van der Waals surface area (Å²) in [4.78, 5) is 12.0. The molecule has 1 amide bonds. The third-order valence-electron chi connectivity index (χ3n) is 4.03. The minimum atomic E-state index is -0.703. The van der Waals surface area contributed by atoms with Crippen LogP contribution in [0.25, 0.3) is 10.9 Å². The molecular weight excluding hydrogens is 254 g/mol. The molecule has 1 aromatic heterocycles. The van der Waals surface area contributed by atoms with Gasteiger partial charge in [0.15, 0.2) is 0 Å². The number of aromatic nitrogens is 2. The summed E-state index contributed by atoms with van der Waals surface area (Å²) < 4.78 is 0. The first kappa shape index (κ1) is 13.1. The van der Waals surface area contributed by atoms with E-state index in [2.05, 4.69) is 15.5 Å². The number of carbonyl (C=O) groups excluding carboxylic acids is 1. The van der Waals surface area contributed by atoms with Gasteiger partial charge in [0, 0.05) is 11.9 Å². The minimum Gasteiger partial charge on any atom is -0.388 e. The fraction of sp³-hybridized carbons (Fsp3) is 0.467. The molecular formula is C15H19N3O2. The van der Waals surface area contributed by atoms with E-state index in [1.165, 1.54) is 0 Å². The smallest absolute Gasteiger partial charge is 0.226 e. The number of nitrogens with zero attached hydrogens (tertiary/aromatic N) is 1. The van der Waals surface area contributed by atoms with Gasteiger partial charge in [-0.15, -0.1) is 0 Å². The molecule has 1 saturated carbocycles. The minimum absolute atomic E-state index is 0.0836. The number of H-pyrrole nitrogens is 1. The van der Waals surface area contributed by atoms with Crippen molar-refractivity contribution in [3.8, 4) is 0 Å². The van der Waals surface area contributed by atoms with Crippen LogP contribution in [-0.2, 0) is 11.2 Å². The fourth-order valence-corrected chi connectivity index (χ4v) is 2.85. The summed E-state index contributed by atoms with van der Waals surface area (Å²) in [7, 11) is 0. The largest absolute Gasteiger partial charge is 0.388 e.